The van der Waals surface area contributed by atoms with Crippen molar-refractivity contribution in [2.75, 3.05) is 23.3 Å². The van der Waals surface area contributed by atoms with Crippen LogP contribution in [0.1, 0.15) is 20.8 Å². The van der Waals surface area contributed by atoms with E-state index in [1.165, 1.54) is 6.33 Å². The van der Waals surface area contributed by atoms with Crippen molar-refractivity contribution < 1.29 is 9.47 Å². The molecule has 2 heterocycles. The summed E-state index contributed by atoms with van der Waals surface area (Å²) in [5.74, 6) is 2.44. The monoisotopic (exact) mass is 316 g/mol. The second-order valence-corrected chi connectivity index (χ2v) is 6.18. The zero-order chi connectivity index (χ0) is 16.4. The number of hydrogen-bond acceptors (Lipinski definition) is 8. The zero-order valence-electron chi connectivity index (χ0n) is 13.3. The third-order valence-electron chi connectivity index (χ3n) is 3.08. The van der Waals surface area contributed by atoms with Crippen molar-refractivity contribution in [3.63, 3.8) is 0 Å². The molecule has 8 heteroatoms. The molecule has 5 N–H and O–H groups in total. The lowest BCUT2D eigenvalue weighted by atomic mass is 10.1. The Bertz CT molecular complexity index is 714. The number of nitrogens with one attached hydrogen (secondary N) is 3. The number of hydrogen-bond donors (Lipinski definition) is 4. The van der Waals surface area contributed by atoms with Gasteiger partial charge in [-0.1, -0.05) is 0 Å². The Balaban J connectivity index is 1.78. The molecule has 8 nitrogen and oxygen atoms in total. The largest absolute Gasteiger partial charge is 0.454 e. The predicted octanol–water partition coefficient (Wildman–Crippen LogP) is 2.25. The Morgan fingerprint density at radius 1 is 1.09 bits per heavy atom. The first-order chi connectivity index (χ1) is 10.9. The number of hydrazine groups is 1. The molecule has 2 aromatic rings. The molecule has 0 aliphatic carbocycles. The molecule has 0 saturated carbocycles. The van der Waals surface area contributed by atoms with Crippen molar-refractivity contribution in [2.24, 2.45) is 0 Å². The molecular weight excluding hydrogens is 296 g/mol. The summed E-state index contributed by atoms with van der Waals surface area (Å²) in [4.78, 5) is 8.33. The molecule has 1 aliphatic heterocycles. The first-order valence-electron chi connectivity index (χ1n) is 7.23. The highest BCUT2D eigenvalue weighted by atomic mass is 16.7. The molecular formula is C15H20N6O2. The van der Waals surface area contributed by atoms with Crippen LogP contribution in [-0.4, -0.2) is 22.3 Å². The predicted molar refractivity (Wildman–Crippen MR) is 88.8 cm³/mol. The number of fused-ring (bicyclic) bond motifs is 1. The van der Waals surface area contributed by atoms with E-state index in [-0.39, 0.29) is 12.3 Å². The van der Waals surface area contributed by atoms with Crippen molar-refractivity contribution >= 4 is 23.0 Å². The average Bonchev–Trinajstić information content (AvgIpc) is 2.95. The first-order valence-corrected chi connectivity index (χ1v) is 7.23. The molecule has 0 unspecified atom stereocenters. The van der Waals surface area contributed by atoms with Crippen molar-refractivity contribution in [3.8, 4) is 11.5 Å². The Labute approximate surface area is 134 Å². The number of rotatable bonds is 4. The van der Waals surface area contributed by atoms with Crippen LogP contribution in [0.2, 0.25) is 0 Å². The van der Waals surface area contributed by atoms with Crippen LogP contribution in [0.3, 0.4) is 0 Å². The summed E-state index contributed by atoms with van der Waals surface area (Å²) in [6.45, 7) is 6.33. The number of nitrogens with two attached hydrogens (primary N) is 1. The summed E-state index contributed by atoms with van der Waals surface area (Å²) in [5, 5.41) is 3.16. The van der Waals surface area contributed by atoms with Crippen LogP contribution in [-0.2, 0) is 0 Å². The fourth-order valence-corrected chi connectivity index (χ4v) is 1.95. The van der Waals surface area contributed by atoms with Gasteiger partial charge in [-0.05, 0) is 32.9 Å². The summed E-state index contributed by atoms with van der Waals surface area (Å²) in [7, 11) is 0. The van der Waals surface area contributed by atoms with Gasteiger partial charge >= 0.3 is 0 Å². The van der Waals surface area contributed by atoms with Gasteiger partial charge in [0.1, 0.15) is 12.0 Å². The zero-order valence-corrected chi connectivity index (χ0v) is 13.3. The van der Waals surface area contributed by atoms with E-state index in [1.807, 2.05) is 39.0 Å². The number of anilines is 4. The first kappa shape index (κ1) is 15.2. The van der Waals surface area contributed by atoms with Crippen molar-refractivity contribution in [2.45, 2.75) is 26.3 Å². The summed E-state index contributed by atoms with van der Waals surface area (Å²) in [5.41, 5.74) is 13.4. The molecule has 1 aliphatic rings. The lowest BCUT2D eigenvalue weighted by molar-refractivity contribution is 0.174. The van der Waals surface area contributed by atoms with Crippen LogP contribution in [0.25, 0.3) is 0 Å². The lowest BCUT2D eigenvalue weighted by Crippen LogP contribution is -2.40. The van der Waals surface area contributed by atoms with Gasteiger partial charge in [0.05, 0.1) is 0 Å². The quantitative estimate of drug-likeness (QED) is 0.636. The van der Waals surface area contributed by atoms with Gasteiger partial charge in [-0.15, -0.1) is 0 Å². The second kappa shape index (κ2) is 5.81. The van der Waals surface area contributed by atoms with Gasteiger partial charge in [0.15, 0.2) is 23.1 Å². The van der Waals surface area contributed by atoms with E-state index in [1.54, 1.807) is 0 Å². The Morgan fingerprint density at radius 2 is 1.83 bits per heavy atom. The highest BCUT2D eigenvalue weighted by molar-refractivity contribution is 5.78. The van der Waals surface area contributed by atoms with Crippen LogP contribution in [0.15, 0.2) is 24.5 Å². The number of aromatic nitrogens is 2. The summed E-state index contributed by atoms with van der Waals surface area (Å²) in [6, 6.07) is 5.54. The topological polar surface area (TPSA) is 106 Å². The van der Waals surface area contributed by atoms with Crippen LogP contribution in [0.5, 0.6) is 11.5 Å². The van der Waals surface area contributed by atoms with Crippen LogP contribution in [0, 0.1) is 0 Å². The van der Waals surface area contributed by atoms with E-state index in [0.717, 1.165) is 11.4 Å². The van der Waals surface area contributed by atoms with E-state index in [0.29, 0.717) is 23.1 Å². The van der Waals surface area contributed by atoms with E-state index in [2.05, 4.69) is 26.1 Å². The molecule has 0 amide bonds. The summed E-state index contributed by atoms with van der Waals surface area (Å²) < 4.78 is 10.6. The van der Waals surface area contributed by atoms with Crippen molar-refractivity contribution in [1.29, 1.82) is 0 Å². The normalized spacial score (nSPS) is 13.0. The fraction of sp³-hybridized carbons (Fsp3) is 0.333. The third-order valence-corrected chi connectivity index (χ3v) is 3.08. The SMILES string of the molecule is CC(C)(C)NNc1ncnc(Nc2ccc3c(c2)OCO3)c1N. The molecule has 0 radical (unpaired) electrons. The molecule has 3 rings (SSSR count). The highest BCUT2D eigenvalue weighted by Gasteiger charge is 2.15. The Kier molecular flexibility index (Phi) is 3.83. The van der Waals surface area contributed by atoms with Gasteiger partial charge in [0.2, 0.25) is 6.79 Å². The van der Waals surface area contributed by atoms with Crippen molar-refractivity contribution in [3.05, 3.63) is 24.5 Å². The summed E-state index contributed by atoms with van der Waals surface area (Å²) >= 11 is 0. The maximum atomic E-state index is 6.13. The molecule has 0 saturated heterocycles. The molecule has 0 spiro atoms. The minimum Gasteiger partial charge on any atom is -0.454 e. The molecule has 0 fully saturated rings. The molecule has 122 valence electrons. The smallest absolute Gasteiger partial charge is 0.231 e. The molecule has 1 aromatic heterocycles. The van der Waals surface area contributed by atoms with Gasteiger partial charge in [0, 0.05) is 17.3 Å². The second-order valence-electron chi connectivity index (χ2n) is 6.18. The number of nitrogens with zero attached hydrogens (tertiary/aromatic N) is 2. The molecule has 0 bridgehead atoms. The minimum absolute atomic E-state index is 0.123. The Hall–Kier alpha value is -2.74. The number of benzene rings is 1. The summed E-state index contributed by atoms with van der Waals surface area (Å²) in [6.07, 6.45) is 1.44. The standard InChI is InChI=1S/C15H20N6O2/c1-15(2,3)21-20-14-12(16)13(17-7-18-14)19-9-4-5-10-11(6-9)23-8-22-10/h4-7,21H,8,16H2,1-3H3,(H2,17,18,19,20). The number of ether oxygens (including phenoxy) is 2. The van der Waals surface area contributed by atoms with E-state index < -0.39 is 0 Å². The van der Waals surface area contributed by atoms with E-state index in [4.69, 9.17) is 15.2 Å². The van der Waals surface area contributed by atoms with Gasteiger partial charge in [-0.2, -0.15) is 0 Å². The minimum atomic E-state index is -0.123. The maximum Gasteiger partial charge on any atom is 0.231 e. The molecule has 1 aromatic carbocycles. The average molecular weight is 316 g/mol. The van der Waals surface area contributed by atoms with E-state index in [9.17, 15) is 0 Å². The van der Waals surface area contributed by atoms with Gasteiger partial charge < -0.3 is 25.9 Å². The van der Waals surface area contributed by atoms with Gasteiger partial charge in [-0.25, -0.2) is 15.4 Å². The molecule has 0 atom stereocenters. The third kappa shape index (κ3) is 3.54. The van der Waals surface area contributed by atoms with Crippen LogP contribution in [0.4, 0.5) is 23.0 Å². The molecule has 23 heavy (non-hydrogen) atoms. The van der Waals surface area contributed by atoms with Crippen LogP contribution >= 0.6 is 0 Å². The van der Waals surface area contributed by atoms with E-state index >= 15 is 0 Å². The van der Waals surface area contributed by atoms with Gasteiger partial charge in [-0.3, -0.25) is 0 Å². The Morgan fingerprint density at radius 3 is 2.61 bits per heavy atom. The maximum absolute atomic E-state index is 6.13. The van der Waals surface area contributed by atoms with Crippen molar-refractivity contribution in [1.82, 2.24) is 15.4 Å². The van der Waals surface area contributed by atoms with Crippen LogP contribution < -0.4 is 31.4 Å². The van der Waals surface area contributed by atoms with Gasteiger partial charge in [0.25, 0.3) is 0 Å². The lowest BCUT2D eigenvalue weighted by Gasteiger charge is -2.22. The number of nitrogen functional groups attached to an aromatic ring is 1. The highest BCUT2D eigenvalue weighted by Crippen LogP contribution is 2.35. The fourth-order valence-electron chi connectivity index (χ4n) is 1.95.